The average molecular weight is 370 g/mol. The number of anilines is 2. The van der Waals surface area contributed by atoms with Crippen LogP contribution in [0.3, 0.4) is 0 Å². The first-order valence-electron chi connectivity index (χ1n) is 9.26. The summed E-state index contributed by atoms with van der Waals surface area (Å²) in [6, 6.07) is 7.30. The molecule has 144 valence electrons. The van der Waals surface area contributed by atoms with E-state index in [-0.39, 0.29) is 23.6 Å². The summed E-state index contributed by atoms with van der Waals surface area (Å²) in [5.74, 6) is 2.03. The number of benzene rings is 1. The van der Waals surface area contributed by atoms with Crippen molar-refractivity contribution in [2.24, 2.45) is 5.92 Å². The number of carbonyl (C=O) groups is 1. The molecule has 1 aliphatic carbocycles. The molecule has 0 bridgehead atoms. The summed E-state index contributed by atoms with van der Waals surface area (Å²) >= 11 is 0. The van der Waals surface area contributed by atoms with Gasteiger partial charge in [0.05, 0.1) is 0 Å². The van der Waals surface area contributed by atoms with Crippen molar-refractivity contribution in [3.8, 4) is 5.75 Å². The molecule has 1 fully saturated rings. The van der Waals surface area contributed by atoms with E-state index in [2.05, 4.69) is 30.9 Å². The first-order valence-corrected chi connectivity index (χ1v) is 9.26. The minimum absolute atomic E-state index is 0.00173. The number of aryl methyl sites for hydroxylation is 1. The number of nitrogens with zero attached hydrogens (tertiary/aromatic N) is 3. The van der Waals surface area contributed by atoms with Crippen LogP contribution in [0.1, 0.15) is 37.1 Å². The summed E-state index contributed by atoms with van der Waals surface area (Å²) in [5.41, 5.74) is 0.728. The highest BCUT2D eigenvalue weighted by Gasteiger charge is 2.26. The Bertz CT molecular complexity index is 790. The predicted molar refractivity (Wildman–Crippen MR) is 103 cm³/mol. The van der Waals surface area contributed by atoms with Crippen LogP contribution in [0.4, 0.5) is 11.9 Å². The van der Waals surface area contributed by atoms with Crippen molar-refractivity contribution in [2.45, 2.75) is 45.2 Å². The minimum atomic E-state index is 0.00173. The highest BCUT2D eigenvalue weighted by molar-refractivity contribution is 5.78. The minimum Gasteiger partial charge on any atom is -0.508 e. The fourth-order valence-corrected chi connectivity index (χ4v) is 3.33. The fraction of sp³-hybridized carbons (Fsp3) is 0.474. The summed E-state index contributed by atoms with van der Waals surface area (Å²) in [5, 5.41) is 19.0. The number of hydrogen-bond donors (Lipinski definition) is 4. The molecule has 0 radical (unpaired) electrons. The Kier molecular flexibility index (Phi) is 6.05. The quantitative estimate of drug-likeness (QED) is 0.617. The second-order valence-electron chi connectivity index (χ2n) is 6.82. The van der Waals surface area contributed by atoms with E-state index in [0.29, 0.717) is 24.3 Å². The van der Waals surface area contributed by atoms with Crippen molar-refractivity contribution < 1.29 is 9.90 Å². The van der Waals surface area contributed by atoms with Gasteiger partial charge in [0.2, 0.25) is 17.8 Å². The Morgan fingerprint density at radius 3 is 2.52 bits per heavy atom. The summed E-state index contributed by atoms with van der Waals surface area (Å²) in [6.07, 6.45) is 3.39. The predicted octanol–water partition coefficient (Wildman–Crippen LogP) is 2.21. The van der Waals surface area contributed by atoms with Crippen LogP contribution in [0.2, 0.25) is 0 Å². The number of carbonyl (C=O) groups excluding carboxylic acids is 1. The maximum atomic E-state index is 12.4. The molecular weight excluding hydrogens is 344 g/mol. The maximum Gasteiger partial charge on any atom is 0.227 e. The van der Waals surface area contributed by atoms with Crippen LogP contribution in [0, 0.1) is 12.8 Å². The zero-order valence-electron chi connectivity index (χ0n) is 15.7. The molecule has 8 heteroatoms. The zero-order valence-corrected chi connectivity index (χ0v) is 15.7. The van der Waals surface area contributed by atoms with Gasteiger partial charge in [-0.2, -0.15) is 15.0 Å². The third kappa shape index (κ3) is 5.06. The van der Waals surface area contributed by atoms with Crippen LogP contribution in [-0.4, -0.2) is 39.1 Å². The van der Waals surface area contributed by atoms with Gasteiger partial charge in [-0.15, -0.1) is 0 Å². The number of phenolic OH excluding ortho intramolecular Hbond substituents is 1. The molecule has 1 saturated carbocycles. The van der Waals surface area contributed by atoms with Gasteiger partial charge in [-0.1, -0.05) is 18.2 Å². The number of phenols is 1. The van der Waals surface area contributed by atoms with Gasteiger partial charge < -0.3 is 21.1 Å². The van der Waals surface area contributed by atoms with Gasteiger partial charge in [0.1, 0.15) is 11.6 Å². The second kappa shape index (κ2) is 8.66. The van der Waals surface area contributed by atoms with Crippen LogP contribution >= 0.6 is 0 Å². The molecule has 8 nitrogen and oxygen atoms in total. The maximum absolute atomic E-state index is 12.4. The molecule has 0 saturated heterocycles. The van der Waals surface area contributed by atoms with Gasteiger partial charge in [-0.25, -0.2) is 0 Å². The number of aromatic hydroxyl groups is 1. The van der Waals surface area contributed by atoms with E-state index in [4.69, 9.17) is 0 Å². The van der Waals surface area contributed by atoms with Crippen LogP contribution in [0.5, 0.6) is 5.75 Å². The van der Waals surface area contributed by atoms with Crippen molar-refractivity contribution in [1.82, 2.24) is 20.3 Å². The molecule has 3 rings (SSSR count). The fourth-order valence-electron chi connectivity index (χ4n) is 3.33. The average Bonchev–Trinajstić information content (AvgIpc) is 2.67. The standard InChI is InChI=1S/C19H26N6O2/c1-12-22-18(20-2)25-19(23-12)24-15-9-7-13(8-10-15)17(27)21-11-14-5-3-4-6-16(14)26/h3-6,13,15,26H,7-11H2,1-2H3,(H,21,27)(H2,20,22,23,24,25). The number of aromatic nitrogens is 3. The highest BCUT2D eigenvalue weighted by Crippen LogP contribution is 2.26. The topological polar surface area (TPSA) is 112 Å². The smallest absolute Gasteiger partial charge is 0.227 e. The zero-order chi connectivity index (χ0) is 19.2. The molecule has 0 atom stereocenters. The Morgan fingerprint density at radius 2 is 1.81 bits per heavy atom. The van der Waals surface area contributed by atoms with Gasteiger partial charge in [0.25, 0.3) is 0 Å². The number of amides is 1. The second-order valence-corrected chi connectivity index (χ2v) is 6.82. The number of para-hydroxylation sites is 1. The van der Waals surface area contributed by atoms with E-state index in [1.54, 1.807) is 19.2 Å². The van der Waals surface area contributed by atoms with Crippen molar-refractivity contribution in [3.63, 3.8) is 0 Å². The molecule has 1 heterocycles. The lowest BCUT2D eigenvalue weighted by atomic mass is 9.85. The summed E-state index contributed by atoms with van der Waals surface area (Å²) in [4.78, 5) is 25.3. The third-order valence-electron chi connectivity index (χ3n) is 4.85. The van der Waals surface area contributed by atoms with Gasteiger partial charge in [0.15, 0.2) is 0 Å². The molecule has 4 N–H and O–H groups in total. The van der Waals surface area contributed by atoms with Crippen LogP contribution < -0.4 is 16.0 Å². The first-order chi connectivity index (χ1) is 13.0. The lowest BCUT2D eigenvalue weighted by Gasteiger charge is -2.28. The van der Waals surface area contributed by atoms with Crippen molar-refractivity contribution in [3.05, 3.63) is 35.7 Å². The highest BCUT2D eigenvalue weighted by atomic mass is 16.3. The number of rotatable bonds is 6. The Balaban J connectivity index is 1.48. The molecule has 0 unspecified atom stereocenters. The molecule has 1 aromatic heterocycles. The molecule has 1 amide bonds. The van der Waals surface area contributed by atoms with Crippen molar-refractivity contribution in [2.75, 3.05) is 17.7 Å². The molecule has 2 aromatic rings. The lowest BCUT2D eigenvalue weighted by molar-refractivity contribution is -0.126. The summed E-state index contributed by atoms with van der Waals surface area (Å²) in [7, 11) is 1.78. The van der Waals surface area contributed by atoms with E-state index < -0.39 is 0 Å². The van der Waals surface area contributed by atoms with Gasteiger partial charge in [-0.3, -0.25) is 4.79 Å². The largest absolute Gasteiger partial charge is 0.508 e. The molecule has 0 spiro atoms. The van der Waals surface area contributed by atoms with Crippen molar-refractivity contribution >= 4 is 17.8 Å². The lowest BCUT2D eigenvalue weighted by Crippen LogP contribution is -2.36. The molecule has 1 aromatic carbocycles. The Morgan fingerprint density at radius 1 is 1.11 bits per heavy atom. The summed E-state index contributed by atoms with van der Waals surface area (Å²) < 4.78 is 0. The van der Waals surface area contributed by atoms with Gasteiger partial charge >= 0.3 is 0 Å². The van der Waals surface area contributed by atoms with Crippen LogP contribution in [-0.2, 0) is 11.3 Å². The van der Waals surface area contributed by atoms with E-state index in [0.717, 1.165) is 31.2 Å². The Hall–Kier alpha value is -2.90. The monoisotopic (exact) mass is 370 g/mol. The summed E-state index contributed by atoms with van der Waals surface area (Å²) in [6.45, 7) is 2.18. The van der Waals surface area contributed by atoms with E-state index in [9.17, 15) is 9.90 Å². The normalized spacial score (nSPS) is 19.3. The number of hydrogen-bond acceptors (Lipinski definition) is 7. The van der Waals surface area contributed by atoms with Crippen LogP contribution in [0.25, 0.3) is 0 Å². The van der Waals surface area contributed by atoms with E-state index >= 15 is 0 Å². The van der Waals surface area contributed by atoms with Crippen molar-refractivity contribution in [1.29, 1.82) is 0 Å². The molecular formula is C19H26N6O2. The molecule has 27 heavy (non-hydrogen) atoms. The molecule has 1 aliphatic rings. The Labute approximate surface area is 158 Å². The number of nitrogens with one attached hydrogen (secondary N) is 3. The van der Waals surface area contributed by atoms with E-state index in [1.165, 1.54) is 0 Å². The van der Waals surface area contributed by atoms with E-state index in [1.807, 2.05) is 19.1 Å². The SMILES string of the molecule is CNc1nc(C)nc(NC2CCC(C(=O)NCc3ccccc3O)CC2)n1. The molecule has 0 aliphatic heterocycles. The van der Waals surface area contributed by atoms with Gasteiger partial charge in [-0.05, 0) is 38.7 Å². The van der Waals surface area contributed by atoms with Gasteiger partial charge in [0, 0.05) is 31.1 Å². The first kappa shape index (κ1) is 18.9. The van der Waals surface area contributed by atoms with Crippen LogP contribution in [0.15, 0.2) is 24.3 Å². The third-order valence-corrected chi connectivity index (χ3v) is 4.85.